The van der Waals surface area contributed by atoms with E-state index in [0.29, 0.717) is 5.56 Å². The lowest BCUT2D eigenvalue weighted by molar-refractivity contribution is 0.0992. The topological polar surface area (TPSA) is 51.0 Å². The molecule has 1 amide bonds. The Hall–Kier alpha value is -2.17. The minimum absolute atomic E-state index is 0.0693. The maximum absolute atomic E-state index is 12.3. The fourth-order valence-electron chi connectivity index (χ4n) is 1.83. The van der Waals surface area contributed by atoms with Gasteiger partial charge in [-0.15, -0.1) is 0 Å². The molecule has 0 aromatic carbocycles. The summed E-state index contributed by atoms with van der Waals surface area (Å²) in [5, 5.41) is 4.18. The molecule has 18 heavy (non-hydrogen) atoms. The van der Waals surface area contributed by atoms with Crippen LogP contribution in [0.15, 0.2) is 30.7 Å². The average molecular weight is 244 g/mol. The largest absolute Gasteiger partial charge is 0.310 e. The molecule has 0 aliphatic rings. The van der Waals surface area contributed by atoms with Gasteiger partial charge in [-0.3, -0.25) is 14.5 Å². The van der Waals surface area contributed by atoms with Crippen molar-refractivity contribution in [3.8, 4) is 0 Å². The maximum atomic E-state index is 12.3. The van der Waals surface area contributed by atoms with E-state index in [1.54, 1.807) is 36.6 Å². The Labute approximate surface area is 106 Å². The fourth-order valence-corrected chi connectivity index (χ4v) is 1.83. The van der Waals surface area contributed by atoms with Gasteiger partial charge in [-0.1, -0.05) is 0 Å². The summed E-state index contributed by atoms with van der Waals surface area (Å²) in [6.07, 6.45) is 4.97. The average Bonchev–Trinajstić information content (AvgIpc) is 2.79. The van der Waals surface area contributed by atoms with Crippen LogP contribution in [-0.4, -0.2) is 27.7 Å². The number of carbonyl (C=O) groups is 1. The molecule has 2 rings (SSSR count). The van der Waals surface area contributed by atoms with E-state index >= 15 is 0 Å². The summed E-state index contributed by atoms with van der Waals surface area (Å²) < 4.78 is 1.81. The van der Waals surface area contributed by atoms with Crippen molar-refractivity contribution in [3.05, 3.63) is 42.0 Å². The number of rotatable bonds is 3. The summed E-state index contributed by atoms with van der Waals surface area (Å²) in [5.74, 6) is -0.0693. The van der Waals surface area contributed by atoms with Gasteiger partial charge in [-0.05, 0) is 26.0 Å². The van der Waals surface area contributed by atoms with Crippen molar-refractivity contribution in [2.45, 2.75) is 20.4 Å². The predicted octanol–water partition coefficient (Wildman–Crippen LogP) is 1.88. The van der Waals surface area contributed by atoms with Crippen molar-refractivity contribution >= 4 is 11.6 Å². The second kappa shape index (κ2) is 5.00. The highest BCUT2D eigenvalue weighted by Crippen LogP contribution is 2.15. The van der Waals surface area contributed by atoms with Crippen molar-refractivity contribution in [1.82, 2.24) is 14.8 Å². The summed E-state index contributed by atoms with van der Waals surface area (Å²) in [4.78, 5) is 17.9. The first-order chi connectivity index (χ1) is 8.65. The van der Waals surface area contributed by atoms with Gasteiger partial charge in [0.1, 0.15) is 0 Å². The van der Waals surface area contributed by atoms with Crippen LogP contribution in [0.25, 0.3) is 0 Å². The highest BCUT2D eigenvalue weighted by molar-refractivity contribution is 6.06. The Kier molecular flexibility index (Phi) is 3.41. The Morgan fingerprint density at radius 2 is 2.22 bits per heavy atom. The van der Waals surface area contributed by atoms with Gasteiger partial charge < -0.3 is 4.90 Å². The van der Waals surface area contributed by atoms with Crippen molar-refractivity contribution in [3.63, 3.8) is 0 Å². The molecule has 2 heterocycles. The van der Waals surface area contributed by atoms with Crippen molar-refractivity contribution < 1.29 is 4.79 Å². The van der Waals surface area contributed by atoms with Crippen LogP contribution in [0, 0.1) is 6.92 Å². The Bertz CT molecular complexity index is 547. The molecule has 0 saturated heterocycles. The number of carbonyl (C=O) groups excluding carboxylic acids is 1. The summed E-state index contributed by atoms with van der Waals surface area (Å²) in [5.41, 5.74) is 2.28. The van der Waals surface area contributed by atoms with Crippen LogP contribution >= 0.6 is 0 Å². The number of aromatic nitrogens is 3. The van der Waals surface area contributed by atoms with E-state index in [4.69, 9.17) is 0 Å². The van der Waals surface area contributed by atoms with Crippen LogP contribution in [0.5, 0.6) is 0 Å². The molecule has 0 N–H and O–H groups in total. The number of nitrogens with zero attached hydrogens (tertiary/aromatic N) is 4. The third kappa shape index (κ3) is 2.11. The molecule has 0 aliphatic heterocycles. The van der Waals surface area contributed by atoms with E-state index in [1.807, 2.05) is 24.6 Å². The molecule has 0 radical (unpaired) electrons. The quantitative estimate of drug-likeness (QED) is 0.828. The molecule has 5 nitrogen and oxygen atoms in total. The summed E-state index contributed by atoms with van der Waals surface area (Å²) in [6, 6.07) is 3.66. The molecule has 0 bridgehead atoms. The van der Waals surface area contributed by atoms with E-state index < -0.39 is 0 Å². The SMILES string of the molecule is CCn1ncc(C(=O)N(C)c2cccnc2)c1C. The Morgan fingerprint density at radius 3 is 2.78 bits per heavy atom. The summed E-state index contributed by atoms with van der Waals surface area (Å²) in [6.45, 7) is 4.66. The van der Waals surface area contributed by atoms with Crippen LogP contribution in [0.1, 0.15) is 23.0 Å². The van der Waals surface area contributed by atoms with E-state index in [-0.39, 0.29) is 5.91 Å². The highest BCUT2D eigenvalue weighted by Gasteiger charge is 2.18. The first-order valence-corrected chi connectivity index (χ1v) is 5.85. The first kappa shape index (κ1) is 12.3. The molecule has 0 fully saturated rings. The van der Waals surface area contributed by atoms with E-state index in [9.17, 15) is 4.79 Å². The molecule has 5 heteroatoms. The van der Waals surface area contributed by atoms with E-state index in [1.165, 1.54) is 0 Å². The van der Waals surface area contributed by atoms with E-state index in [2.05, 4.69) is 10.1 Å². The fraction of sp³-hybridized carbons (Fsp3) is 0.308. The Balaban J connectivity index is 2.29. The van der Waals surface area contributed by atoms with Gasteiger partial charge in [-0.25, -0.2) is 0 Å². The lowest BCUT2D eigenvalue weighted by Crippen LogP contribution is -2.26. The van der Waals surface area contributed by atoms with Gasteiger partial charge in [0.05, 0.1) is 23.6 Å². The lowest BCUT2D eigenvalue weighted by atomic mass is 10.2. The number of aryl methyl sites for hydroxylation is 1. The van der Waals surface area contributed by atoms with Gasteiger partial charge in [0, 0.05) is 25.5 Å². The minimum atomic E-state index is -0.0693. The van der Waals surface area contributed by atoms with Gasteiger partial charge >= 0.3 is 0 Å². The molecule has 94 valence electrons. The van der Waals surface area contributed by atoms with Gasteiger partial charge in [0.2, 0.25) is 0 Å². The van der Waals surface area contributed by atoms with E-state index in [0.717, 1.165) is 17.9 Å². The molecule has 0 aliphatic carbocycles. The summed E-state index contributed by atoms with van der Waals surface area (Å²) >= 11 is 0. The summed E-state index contributed by atoms with van der Waals surface area (Å²) in [7, 11) is 1.74. The van der Waals surface area contributed by atoms with Crippen LogP contribution < -0.4 is 4.90 Å². The zero-order chi connectivity index (χ0) is 13.1. The number of amides is 1. The number of hydrogen-bond acceptors (Lipinski definition) is 3. The molecule has 2 aromatic rings. The molecule has 0 unspecified atom stereocenters. The molecular weight excluding hydrogens is 228 g/mol. The van der Waals surface area contributed by atoms with Crippen molar-refractivity contribution in [1.29, 1.82) is 0 Å². The smallest absolute Gasteiger partial charge is 0.261 e. The number of hydrogen-bond donors (Lipinski definition) is 0. The normalized spacial score (nSPS) is 10.4. The third-order valence-corrected chi connectivity index (χ3v) is 2.97. The number of anilines is 1. The zero-order valence-electron chi connectivity index (χ0n) is 10.8. The third-order valence-electron chi connectivity index (χ3n) is 2.97. The zero-order valence-corrected chi connectivity index (χ0v) is 10.8. The van der Waals surface area contributed by atoms with Crippen LogP contribution in [0.4, 0.5) is 5.69 Å². The second-order valence-electron chi connectivity index (χ2n) is 4.03. The van der Waals surface area contributed by atoms with Crippen LogP contribution in [0.2, 0.25) is 0 Å². The molecule has 0 saturated carbocycles. The van der Waals surface area contributed by atoms with Crippen LogP contribution in [0.3, 0.4) is 0 Å². The highest BCUT2D eigenvalue weighted by atomic mass is 16.2. The predicted molar refractivity (Wildman–Crippen MR) is 69.6 cm³/mol. The monoisotopic (exact) mass is 244 g/mol. The maximum Gasteiger partial charge on any atom is 0.261 e. The van der Waals surface area contributed by atoms with Gasteiger partial charge in [-0.2, -0.15) is 5.10 Å². The standard InChI is InChI=1S/C13H16N4O/c1-4-17-10(2)12(9-15-17)13(18)16(3)11-6-5-7-14-8-11/h5-9H,4H2,1-3H3. The van der Waals surface area contributed by atoms with Gasteiger partial charge in [0.25, 0.3) is 5.91 Å². The van der Waals surface area contributed by atoms with Crippen molar-refractivity contribution in [2.75, 3.05) is 11.9 Å². The molecule has 0 spiro atoms. The molecular formula is C13H16N4O. The Morgan fingerprint density at radius 1 is 1.44 bits per heavy atom. The lowest BCUT2D eigenvalue weighted by Gasteiger charge is -2.16. The van der Waals surface area contributed by atoms with Gasteiger partial charge in [0.15, 0.2) is 0 Å². The first-order valence-electron chi connectivity index (χ1n) is 5.85. The number of pyridine rings is 1. The second-order valence-corrected chi connectivity index (χ2v) is 4.03. The van der Waals surface area contributed by atoms with Crippen LogP contribution in [-0.2, 0) is 6.54 Å². The molecule has 2 aromatic heterocycles. The molecule has 0 atom stereocenters. The van der Waals surface area contributed by atoms with Crippen molar-refractivity contribution in [2.24, 2.45) is 0 Å². The minimum Gasteiger partial charge on any atom is -0.310 e.